The Kier molecular flexibility index (Phi) is 4.31. The SMILES string of the molecule is CC(C)c1c(Cl)ncnc1NCCc1ncn(C)n1. The largest absolute Gasteiger partial charge is 0.369 e. The number of hydrogen-bond acceptors (Lipinski definition) is 5. The van der Waals surface area contributed by atoms with E-state index in [1.165, 1.54) is 6.33 Å². The molecule has 2 aromatic heterocycles. The van der Waals surface area contributed by atoms with Crippen molar-refractivity contribution in [2.45, 2.75) is 26.2 Å². The number of anilines is 1. The maximum Gasteiger partial charge on any atom is 0.152 e. The van der Waals surface area contributed by atoms with Crippen molar-refractivity contribution < 1.29 is 0 Å². The van der Waals surface area contributed by atoms with E-state index >= 15 is 0 Å². The van der Waals surface area contributed by atoms with Gasteiger partial charge in [-0.2, -0.15) is 5.10 Å². The first-order chi connectivity index (χ1) is 9.08. The van der Waals surface area contributed by atoms with Crippen LogP contribution >= 0.6 is 11.6 Å². The molecule has 0 bridgehead atoms. The van der Waals surface area contributed by atoms with Crippen LogP contribution in [0.1, 0.15) is 31.2 Å². The topological polar surface area (TPSA) is 68.5 Å². The second-order valence-electron chi connectivity index (χ2n) is 4.59. The second kappa shape index (κ2) is 5.97. The Morgan fingerprint density at radius 1 is 1.32 bits per heavy atom. The standard InChI is InChI=1S/C12H17ClN6/c1-8(2)10-11(13)15-6-16-12(10)14-5-4-9-17-7-19(3)18-9/h6-8H,4-5H2,1-3H3,(H,14,15,16). The lowest BCUT2D eigenvalue weighted by Gasteiger charge is -2.13. The lowest BCUT2D eigenvalue weighted by atomic mass is 10.1. The van der Waals surface area contributed by atoms with Crippen molar-refractivity contribution >= 4 is 17.4 Å². The van der Waals surface area contributed by atoms with Crippen LogP contribution in [0.25, 0.3) is 0 Å². The molecule has 0 spiro atoms. The third-order valence-corrected chi connectivity index (χ3v) is 3.00. The number of halogens is 1. The van der Waals surface area contributed by atoms with Crippen molar-refractivity contribution in [1.82, 2.24) is 24.7 Å². The minimum absolute atomic E-state index is 0.268. The predicted molar refractivity (Wildman–Crippen MR) is 74.3 cm³/mol. The van der Waals surface area contributed by atoms with Gasteiger partial charge in [-0.3, -0.25) is 4.68 Å². The van der Waals surface area contributed by atoms with Gasteiger partial charge in [0.25, 0.3) is 0 Å². The summed E-state index contributed by atoms with van der Waals surface area (Å²) in [4.78, 5) is 12.4. The van der Waals surface area contributed by atoms with Crippen LogP contribution in [-0.2, 0) is 13.5 Å². The monoisotopic (exact) mass is 280 g/mol. The number of aromatic nitrogens is 5. The highest BCUT2D eigenvalue weighted by atomic mass is 35.5. The second-order valence-corrected chi connectivity index (χ2v) is 4.95. The lowest BCUT2D eigenvalue weighted by molar-refractivity contribution is 0.741. The average Bonchev–Trinajstić information content (AvgIpc) is 2.74. The van der Waals surface area contributed by atoms with E-state index < -0.39 is 0 Å². The van der Waals surface area contributed by atoms with Crippen molar-refractivity contribution in [3.05, 3.63) is 29.2 Å². The summed E-state index contributed by atoms with van der Waals surface area (Å²) in [6.45, 7) is 4.84. The van der Waals surface area contributed by atoms with Crippen LogP contribution in [-0.4, -0.2) is 31.3 Å². The van der Waals surface area contributed by atoms with Gasteiger partial charge >= 0.3 is 0 Å². The quantitative estimate of drug-likeness (QED) is 0.849. The third-order valence-electron chi connectivity index (χ3n) is 2.70. The Morgan fingerprint density at radius 2 is 2.11 bits per heavy atom. The van der Waals surface area contributed by atoms with E-state index in [2.05, 4.69) is 39.2 Å². The van der Waals surface area contributed by atoms with Gasteiger partial charge in [-0.05, 0) is 5.92 Å². The Morgan fingerprint density at radius 3 is 2.74 bits per heavy atom. The van der Waals surface area contributed by atoms with Gasteiger partial charge in [-0.1, -0.05) is 25.4 Å². The van der Waals surface area contributed by atoms with Gasteiger partial charge in [0.2, 0.25) is 0 Å². The third kappa shape index (κ3) is 3.41. The summed E-state index contributed by atoms with van der Waals surface area (Å²) in [5.41, 5.74) is 0.943. The fourth-order valence-corrected chi connectivity index (χ4v) is 2.17. The molecule has 0 aliphatic carbocycles. The number of rotatable bonds is 5. The zero-order chi connectivity index (χ0) is 13.8. The van der Waals surface area contributed by atoms with Crippen LogP contribution in [0.3, 0.4) is 0 Å². The first kappa shape index (κ1) is 13.7. The van der Waals surface area contributed by atoms with Crippen LogP contribution in [0.4, 0.5) is 5.82 Å². The Bertz CT molecular complexity index is 551. The molecule has 0 aromatic carbocycles. The number of aryl methyl sites for hydroxylation is 1. The fourth-order valence-electron chi connectivity index (χ4n) is 1.82. The Hall–Kier alpha value is -1.69. The minimum Gasteiger partial charge on any atom is -0.369 e. The number of nitrogens with zero attached hydrogens (tertiary/aromatic N) is 5. The van der Waals surface area contributed by atoms with E-state index in [9.17, 15) is 0 Å². The van der Waals surface area contributed by atoms with E-state index in [4.69, 9.17) is 11.6 Å². The molecular weight excluding hydrogens is 264 g/mol. The van der Waals surface area contributed by atoms with Gasteiger partial charge in [0.05, 0.1) is 0 Å². The highest BCUT2D eigenvalue weighted by Crippen LogP contribution is 2.27. The van der Waals surface area contributed by atoms with Gasteiger partial charge in [-0.25, -0.2) is 15.0 Å². The van der Waals surface area contributed by atoms with E-state index in [1.54, 1.807) is 11.0 Å². The summed E-state index contributed by atoms with van der Waals surface area (Å²) in [5, 5.41) is 8.00. The number of nitrogens with one attached hydrogen (secondary N) is 1. The lowest BCUT2D eigenvalue weighted by Crippen LogP contribution is -2.11. The zero-order valence-electron chi connectivity index (χ0n) is 11.3. The van der Waals surface area contributed by atoms with Gasteiger partial charge in [0, 0.05) is 25.6 Å². The van der Waals surface area contributed by atoms with Crippen LogP contribution in [0, 0.1) is 0 Å². The van der Waals surface area contributed by atoms with Crippen LogP contribution in [0.2, 0.25) is 5.15 Å². The van der Waals surface area contributed by atoms with E-state index in [1.807, 2.05) is 7.05 Å². The summed E-state index contributed by atoms with van der Waals surface area (Å²) in [7, 11) is 1.85. The van der Waals surface area contributed by atoms with Gasteiger partial charge in [-0.15, -0.1) is 0 Å². The smallest absolute Gasteiger partial charge is 0.152 e. The van der Waals surface area contributed by atoms with Gasteiger partial charge in [0.1, 0.15) is 23.6 Å². The van der Waals surface area contributed by atoms with Crippen LogP contribution in [0.15, 0.2) is 12.7 Å². The average molecular weight is 281 g/mol. The molecule has 19 heavy (non-hydrogen) atoms. The molecule has 0 aliphatic heterocycles. The molecule has 0 fully saturated rings. The van der Waals surface area contributed by atoms with Crippen LogP contribution < -0.4 is 5.32 Å². The van der Waals surface area contributed by atoms with Crippen molar-refractivity contribution in [3.8, 4) is 0 Å². The van der Waals surface area contributed by atoms with Crippen molar-refractivity contribution in [3.63, 3.8) is 0 Å². The molecule has 0 unspecified atom stereocenters. The Balaban J connectivity index is 2.01. The molecule has 0 radical (unpaired) electrons. The predicted octanol–water partition coefficient (Wildman–Crippen LogP) is 2.04. The molecule has 0 saturated carbocycles. The highest BCUT2D eigenvalue weighted by molar-refractivity contribution is 6.30. The molecule has 0 aliphatic rings. The van der Waals surface area contributed by atoms with Gasteiger partial charge < -0.3 is 5.32 Å². The molecule has 2 heterocycles. The van der Waals surface area contributed by atoms with Crippen molar-refractivity contribution in [1.29, 1.82) is 0 Å². The molecular formula is C12H17ClN6. The Labute approximate surface area is 117 Å². The summed E-state index contributed by atoms with van der Waals surface area (Å²) in [5.74, 6) is 1.86. The molecule has 0 atom stereocenters. The van der Waals surface area contributed by atoms with Crippen molar-refractivity contribution in [2.75, 3.05) is 11.9 Å². The normalized spacial score (nSPS) is 11.0. The summed E-state index contributed by atoms with van der Waals surface area (Å²) in [6, 6.07) is 0. The maximum atomic E-state index is 6.10. The molecule has 102 valence electrons. The first-order valence-corrected chi connectivity index (χ1v) is 6.54. The van der Waals surface area contributed by atoms with E-state index in [0.717, 1.165) is 23.6 Å². The molecule has 7 heteroatoms. The van der Waals surface area contributed by atoms with E-state index in [-0.39, 0.29) is 5.92 Å². The molecule has 0 saturated heterocycles. The summed E-state index contributed by atoms with van der Waals surface area (Å²) < 4.78 is 1.69. The summed E-state index contributed by atoms with van der Waals surface area (Å²) in [6.07, 6.45) is 3.89. The minimum atomic E-state index is 0.268. The van der Waals surface area contributed by atoms with Crippen molar-refractivity contribution in [2.24, 2.45) is 7.05 Å². The zero-order valence-corrected chi connectivity index (χ0v) is 12.0. The molecule has 2 aromatic rings. The highest BCUT2D eigenvalue weighted by Gasteiger charge is 2.13. The molecule has 1 N–H and O–H groups in total. The fraction of sp³-hybridized carbons (Fsp3) is 0.500. The van der Waals surface area contributed by atoms with Gasteiger partial charge in [0.15, 0.2) is 5.82 Å². The molecule has 2 rings (SSSR count). The van der Waals surface area contributed by atoms with Crippen LogP contribution in [0.5, 0.6) is 0 Å². The molecule has 0 amide bonds. The maximum absolute atomic E-state index is 6.10. The number of hydrogen-bond donors (Lipinski definition) is 1. The summed E-state index contributed by atoms with van der Waals surface area (Å²) >= 11 is 6.10. The van der Waals surface area contributed by atoms with E-state index in [0.29, 0.717) is 11.7 Å². The molecule has 6 nitrogen and oxygen atoms in total. The first-order valence-electron chi connectivity index (χ1n) is 6.16.